The van der Waals surface area contributed by atoms with Gasteiger partial charge in [-0.3, -0.25) is 0 Å². The molecule has 0 aromatic heterocycles. The second-order valence-electron chi connectivity index (χ2n) is 5.91. The van der Waals surface area contributed by atoms with E-state index in [0.717, 1.165) is 5.56 Å². The van der Waals surface area contributed by atoms with Gasteiger partial charge in [0.2, 0.25) is 10.0 Å². The van der Waals surface area contributed by atoms with Gasteiger partial charge in [-0.15, -0.1) is 12.4 Å². The third-order valence-corrected chi connectivity index (χ3v) is 6.48. The van der Waals surface area contributed by atoms with E-state index < -0.39 is 10.0 Å². The standard InChI is InChI=1S/C17H18Cl2N2O2S.ClH/c1-20-7-8-21(17(12-20)13-5-3-2-4-6-13)24(22,23)16-10-14(18)9-15(19)11-16;/h2-6,9-11,17H,7-8,12H2,1H3;1H. The molecular formula is C17H19Cl3N2O2S. The van der Waals surface area contributed by atoms with E-state index in [9.17, 15) is 8.42 Å². The molecule has 0 radical (unpaired) electrons. The molecule has 0 saturated carbocycles. The van der Waals surface area contributed by atoms with Crippen molar-refractivity contribution in [2.75, 3.05) is 26.7 Å². The summed E-state index contributed by atoms with van der Waals surface area (Å²) in [4.78, 5) is 2.26. The van der Waals surface area contributed by atoms with Crippen molar-refractivity contribution in [3.8, 4) is 0 Å². The van der Waals surface area contributed by atoms with E-state index in [1.807, 2.05) is 37.4 Å². The summed E-state index contributed by atoms with van der Waals surface area (Å²) in [5.41, 5.74) is 0.973. The minimum Gasteiger partial charge on any atom is -0.303 e. The van der Waals surface area contributed by atoms with Gasteiger partial charge in [-0.25, -0.2) is 8.42 Å². The molecule has 0 aliphatic carbocycles. The molecule has 2 aromatic rings. The predicted octanol–water partition coefficient (Wildman–Crippen LogP) is 4.09. The predicted molar refractivity (Wildman–Crippen MR) is 104 cm³/mol. The van der Waals surface area contributed by atoms with Gasteiger partial charge in [-0.2, -0.15) is 4.31 Å². The Kier molecular flexibility index (Phi) is 6.76. The highest BCUT2D eigenvalue weighted by atomic mass is 35.5. The van der Waals surface area contributed by atoms with E-state index in [0.29, 0.717) is 29.7 Å². The van der Waals surface area contributed by atoms with Gasteiger partial charge in [0.15, 0.2) is 0 Å². The summed E-state index contributed by atoms with van der Waals surface area (Å²) in [5.74, 6) is 0. The first kappa shape index (κ1) is 20.5. The number of likely N-dealkylation sites (N-methyl/N-ethyl adjacent to an activating group) is 1. The van der Waals surface area contributed by atoms with Gasteiger partial charge in [-0.05, 0) is 30.8 Å². The van der Waals surface area contributed by atoms with Gasteiger partial charge in [-0.1, -0.05) is 53.5 Å². The maximum absolute atomic E-state index is 13.2. The van der Waals surface area contributed by atoms with Crippen molar-refractivity contribution in [2.24, 2.45) is 0 Å². The number of benzene rings is 2. The van der Waals surface area contributed by atoms with Crippen molar-refractivity contribution in [1.82, 2.24) is 9.21 Å². The van der Waals surface area contributed by atoms with Crippen LogP contribution in [0.15, 0.2) is 53.4 Å². The molecule has 2 aromatic carbocycles. The molecule has 1 fully saturated rings. The van der Waals surface area contributed by atoms with E-state index in [4.69, 9.17) is 23.2 Å². The summed E-state index contributed by atoms with van der Waals surface area (Å²) >= 11 is 12.0. The first-order valence-corrected chi connectivity index (χ1v) is 9.79. The molecule has 25 heavy (non-hydrogen) atoms. The van der Waals surface area contributed by atoms with E-state index >= 15 is 0 Å². The third-order valence-electron chi connectivity index (χ3n) is 4.16. The molecule has 1 aliphatic rings. The van der Waals surface area contributed by atoms with Crippen LogP contribution >= 0.6 is 35.6 Å². The quantitative estimate of drug-likeness (QED) is 0.749. The Morgan fingerprint density at radius 3 is 2.20 bits per heavy atom. The molecule has 1 aliphatic heterocycles. The fraction of sp³-hybridized carbons (Fsp3) is 0.294. The number of halogens is 3. The molecule has 0 amide bonds. The number of hydrogen-bond acceptors (Lipinski definition) is 3. The summed E-state index contributed by atoms with van der Waals surface area (Å²) in [5, 5.41) is 0.623. The van der Waals surface area contributed by atoms with Crippen LogP contribution in [-0.2, 0) is 10.0 Å². The molecule has 8 heteroatoms. The largest absolute Gasteiger partial charge is 0.303 e. The summed E-state index contributed by atoms with van der Waals surface area (Å²) < 4.78 is 27.9. The van der Waals surface area contributed by atoms with Crippen molar-refractivity contribution in [1.29, 1.82) is 0 Å². The highest BCUT2D eigenvalue weighted by Crippen LogP contribution is 2.32. The minimum atomic E-state index is -3.69. The molecular weight excluding hydrogens is 403 g/mol. The zero-order valence-corrected chi connectivity index (χ0v) is 16.7. The Morgan fingerprint density at radius 2 is 1.60 bits per heavy atom. The van der Waals surface area contributed by atoms with Gasteiger partial charge in [0, 0.05) is 29.7 Å². The minimum absolute atomic E-state index is 0. The fourth-order valence-electron chi connectivity index (χ4n) is 2.95. The molecule has 3 rings (SSSR count). The Hall–Kier alpha value is -0.820. The molecule has 0 N–H and O–H groups in total. The monoisotopic (exact) mass is 420 g/mol. The molecule has 1 heterocycles. The lowest BCUT2D eigenvalue weighted by molar-refractivity contribution is 0.160. The van der Waals surface area contributed by atoms with Crippen LogP contribution in [0.4, 0.5) is 0 Å². The van der Waals surface area contributed by atoms with Crippen LogP contribution in [0.3, 0.4) is 0 Å². The lowest BCUT2D eigenvalue weighted by Crippen LogP contribution is -2.49. The summed E-state index contributed by atoms with van der Waals surface area (Å²) in [7, 11) is -1.69. The van der Waals surface area contributed by atoms with Crippen LogP contribution in [0.1, 0.15) is 11.6 Å². The van der Waals surface area contributed by atoms with Crippen LogP contribution in [0.2, 0.25) is 10.0 Å². The molecule has 0 bridgehead atoms. The molecule has 1 atom stereocenters. The normalized spacial score (nSPS) is 19.4. The maximum atomic E-state index is 13.2. The topological polar surface area (TPSA) is 40.6 Å². The molecule has 4 nitrogen and oxygen atoms in total. The van der Waals surface area contributed by atoms with E-state index in [1.165, 1.54) is 18.2 Å². The van der Waals surface area contributed by atoms with Crippen LogP contribution in [0.5, 0.6) is 0 Å². The number of hydrogen-bond donors (Lipinski definition) is 0. The number of piperazine rings is 1. The summed E-state index contributed by atoms with van der Waals surface area (Å²) in [6.45, 7) is 1.73. The van der Waals surface area contributed by atoms with Gasteiger partial charge in [0.1, 0.15) is 0 Å². The Balaban J connectivity index is 0.00000225. The molecule has 1 unspecified atom stereocenters. The van der Waals surface area contributed by atoms with Crippen molar-refractivity contribution in [3.63, 3.8) is 0 Å². The van der Waals surface area contributed by atoms with E-state index in [2.05, 4.69) is 4.90 Å². The number of rotatable bonds is 3. The van der Waals surface area contributed by atoms with Crippen molar-refractivity contribution in [3.05, 3.63) is 64.1 Å². The van der Waals surface area contributed by atoms with Crippen molar-refractivity contribution in [2.45, 2.75) is 10.9 Å². The zero-order chi connectivity index (χ0) is 17.3. The average Bonchev–Trinajstić information content (AvgIpc) is 2.54. The maximum Gasteiger partial charge on any atom is 0.243 e. The highest BCUT2D eigenvalue weighted by molar-refractivity contribution is 7.89. The molecule has 0 spiro atoms. The molecule has 136 valence electrons. The molecule has 1 saturated heterocycles. The second-order valence-corrected chi connectivity index (χ2v) is 8.67. The Labute approximate surface area is 164 Å². The van der Waals surface area contributed by atoms with Crippen molar-refractivity contribution >= 4 is 45.6 Å². The smallest absolute Gasteiger partial charge is 0.243 e. The van der Waals surface area contributed by atoms with Gasteiger partial charge in [0.25, 0.3) is 0 Å². The van der Waals surface area contributed by atoms with E-state index in [1.54, 1.807) is 4.31 Å². The second kappa shape index (κ2) is 8.25. The Bertz CT molecular complexity index is 811. The zero-order valence-electron chi connectivity index (χ0n) is 13.6. The van der Waals surface area contributed by atoms with Crippen molar-refractivity contribution < 1.29 is 8.42 Å². The van der Waals surface area contributed by atoms with E-state index in [-0.39, 0.29) is 23.3 Å². The van der Waals surface area contributed by atoms with Crippen LogP contribution in [-0.4, -0.2) is 44.3 Å². The fourth-order valence-corrected chi connectivity index (χ4v) is 5.27. The van der Waals surface area contributed by atoms with Crippen LogP contribution in [0, 0.1) is 0 Å². The highest BCUT2D eigenvalue weighted by Gasteiger charge is 2.36. The van der Waals surface area contributed by atoms with Crippen LogP contribution < -0.4 is 0 Å². The first-order chi connectivity index (χ1) is 11.4. The summed E-state index contributed by atoms with van der Waals surface area (Å²) in [6, 6.07) is 13.9. The number of nitrogens with zero attached hydrogens (tertiary/aromatic N) is 2. The number of sulfonamides is 1. The lowest BCUT2D eigenvalue weighted by atomic mass is 10.1. The third kappa shape index (κ3) is 4.48. The SMILES string of the molecule is CN1CCN(S(=O)(=O)c2cc(Cl)cc(Cl)c2)C(c2ccccc2)C1.Cl. The Morgan fingerprint density at radius 1 is 1.00 bits per heavy atom. The van der Waals surface area contributed by atoms with Crippen LogP contribution in [0.25, 0.3) is 0 Å². The lowest BCUT2D eigenvalue weighted by Gasteiger charge is -2.39. The van der Waals surface area contributed by atoms with Gasteiger partial charge >= 0.3 is 0 Å². The van der Waals surface area contributed by atoms with Gasteiger partial charge < -0.3 is 4.90 Å². The first-order valence-electron chi connectivity index (χ1n) is 7.59. The summed E-state index contributed by atoms with van der Waals surface area (Å²) in [6.07, 6.45) is 0. The van der Waals surface area contributed by atoms with Gasteiger partial charge in [0.05, 0.1) is 10.9 Å². The average molecular weight is 422 g/mol.